The van der Waals surface area contributed by atoms with Crippen molar-refractivity contribution in [2.24, 2.45) is 17.8 Å². The summed E-state index contributed by atoms with van der Waals surface area (Å²) in [5.41, 5.74) is -10.7. The van der Waals surface area contributed by atoms with Crippen LogP contribution in [0.3, 0.4) is 0 Å². The Hall–Kier alpha value is -9.01. The van der Waals surface area contributed by atoms with Crippen molar-refractivity contribution in [2.45, 2.75) is 341 Å². The van der Waals surface area contributed by atoms with Gasteiger partial charge in [0.05, 0.1) is 45.2 Å². The first-order valence-corrected chi connectivity index (χ1v) is 42.8. The van der Waals surface area contributed by atoms with Gasteiger partial charge in [-0.05, 0) is 196 Å². The summed E-state index contributed by atoms with van der Waals surface area (Å²) < 4.78 is 2.44. The minimum Gasteiger partial charge on any atom is -0.354 e. The molecule has 0 bridgehead atoms. The number of likely N-dealkylation sites (tertiary alicyclic amines) is 3. The number of hydrogen-bond donors (Lipinski definition) is 13. The van der Waals surface area contributed by atoms with Crippen LogP contribution < -0.4 is 69.1 Å². The predicted octanol–water partition coefficient (Wildman–Crippen LogP) is 1.58. The van der Waals surface area contributed by atoms with Crippen LogP contribution in [0.25, 0.3) is 0 Å². The first kappa shape index (κ1) is 96.8. The van der Waals surface area contributed by atoms with Gasteiger partial charge in [0, 0.05) is 45.9 Å². The fourth-order valence-electron chi connectivity index (χ4n) is 15.9. The highest BCUT2D eigenvalue weighted by Crippen LogP contribution is 2.37. The van der Waals surface area contributed by atoms with E-state index in [-0.39, 0.29) is 114 Å². The Morgan fingerprint density at radius 1 is 0.444 bits per heavy atom. The van der Waals surface area contributed by atoms with Gasteiger partial charge < -0.3 is 83.8 Å². The third-order valence-electron chi connectivity index (χ3n) is 23.8. The normalized spacial score (nSPS) is 20.5. The van der Waals surface area contributed by atoms with E-state index < -0.39 is 165 Å². The van der Waals surface area contributed by atoms with E-state index >= 15 is 0 Å². The minimum absolute atomic E-state index is 0.0578. The second-order valence-electron chi connectivity index (χ2n) is 36.7. The standard InChI is InChI=1S/C83H140N18O16/c1-20-80(17,72(113)87-55(45-51(4)5)50-98-41-30-40-97-39-29-34-64(97)98)93-66(107)57(47-53(8)9)88-62(104)48-86-70(111)77(11,12)91-68(109)59-32-25-28-44-101(59)76(117)82(19,22-3)96-74(115)83(36-37-83)90-63(105)49-85-61(103)35-38-84-65(106)56(46-52(6)7)89-71(112)78(13,14)95-73(114)81(18,21-2)94-69(110)60-33-24-27-43-100(60)75(116)79(15,16)92-67(108)58-31-23-26-42-99(58)54(10)102/h51-53,55-60H,20-50H2,1-19H3,(H12-,84,85,86,87,88,89,90,91,92,93,94,95,96,103,104,105,106,107,108,109,110,111,112,113,114,115)/p+1/t55-,56-,57-,58-,59-,60-,80-,81-,82-/m0/s1. The summed E-state index contributed by atoms with van der Waals surface area (Å²) in [4.78, 5) is 229. The zero-order chi connectivity index (χ0) is 87.5. The molecule has 6 rings (SSSR count). The molecule has 0 aromatic heterocycles. The van der Waals surface area contributed by atoms with E-state index in [0.29, 0.717) is 51.1 Å². The van der Waals surface area contributed by atoms with Gasteiger partial charge in [-0.2, -0.15) is 0 Å². The number of carbonyl (C=O) groups is 16. The van der Waals surface area contributed by atoms with Gasteiger partial charge in [0.25, 0.3) is 0 Å². The van der Waals surface area contributed by atoms with Gasteiger partial charge in [-0.1, -0.05) is 62.3 Å². The number of nitrogens with zero attached hydrogens (tertiary/aromatic N) is 5. The molecule has 3 saturated heterocycles. The molecule has 34 heteroatoms. The number of nitrogens with one attached hydrogen (secondary N) is 13. The van der Waals surface area contributed by atoms with Crippen molar-refractivity contribution in [1.29, 1.82) is 0 Å². The number of rotatable bonds is 40. The Morgan fingerprint density at radius 2 is 0.932 bits per heavy atom. The number of carbonyl (C=O) groups excluding carboxylic acids is 16. The number of hydrogen-bond acceptors (Lipinski definition) is 17. The maximum absolute atomic E-state index is 14.7. The van der Waals surface area contributed by atoms with Crippen LogP contribution in [-0.4, -0.2) is 265 Å². The van der Waals surface area contributed by atoms with Crippen LogP contribution in [0.2, 0.25) is 0 Å². The molecule has 13 N–H and O–H groups in total. The van der Waals surface area contributed by atoms with Gasteiger partial charge in [0.2, 0.25) is 100 Å². The zero-order valence-corrected chi connectivity index (χ0v) is 73.4. The Balaban J connectivity index is 0.950. The molecule has 9 atom stereocenters. The van der Waals surface area contributed by atoms with Gasteiger partial charge in [-0.25, -0.2) is 0 Å². The fourth-order valence-corrected chi connectivity index (χ4v) is 15.9. The fraction of sp³-hybridized carbons (Fsp3) is 0.795. The molecule has 1 saturated carbocycles. The third kappa shape index (κ3) is 26.5. The highest BCUT2D eigenvalue weighted by Gasteiger charge is 2.55. The van der Waals surface area contributed by atoms with E-state index in [1.54, 1.807) is 34.6 Å². The maximum atomic E-state index is 14.7. The molecule has 4 fully saturated rings. The molecule has 0 spiro atoms. The van der Waals surface area contributed by atoms with Gasteiger partial charge in [0.15, 0.2) is 0 Å². The lowest BCUT2D eigenvalue weighted by atomic mass is 9.91. The van der Waals surface area contributed by atoms with Crippen molar-refractivity contribution in [3.8, 4) is 0 Å². The first-order chi connectivity index (χ1) is 54.6. The smallest absolute Gasteiger partial charge is 0.248 e. The molecule has 34 nitrogen and oxygen atoms in total. The molecule has 0 aromatic rings. The van der Waals surface area contributed by atoms with E-state index in [9.17, 15) is 76.7 Å². The summed E-state index contributed by atoms with van der Waals surface area (Å²) in [6, 6.07) is -5.16. The van der Waals surface area contributed by atoms with Crippen LogP contribution >= 0.6 is 0 Å². The van der Waals surface area contributed by atoms with Crippen LogP contribution in [0.4, 0.5) is 0 Å². The van der Waals surface area contributed by atoms with Crippen LogP contribution in [0, 0.1) is 17.8 Å². The van der Waals surface area contributed by atoms with E-state index in [1.807, 2.05) is 34.6 Å². The number of amides is 16. The van der Waals surface area contributed by atoms with Crippen molar-refractivity contribution >= 4 is 100 Å². The number of piperidine rings is 3. The van der Waals surface area contributed by atoms with Crippen molar-refractivity contribution in [3.05, 3.63) is 0 Å². The van der Waals surface area contributed by atoms with Crippen LogP contribution in [0.1, 0.15) is 266 Å². The summed E-state index contributed by atoms with van der Waals surface area (Å²) in [5, 5.41) is 36.1. The summed E-state index contributed by atoms with van der Waals surface area (Å²) in [5.74, 6) is -7.98. The van der Waals surface area contributed by atoms with E-state index in [0.717, 1.165) is 58.2 Å². The van der Waals surface area contributed by atoms with Crippen LogP contribution in [0.5, 0.6) is 0 Å². The largest absolute Gasteiger partial charge is 0.354 e. The maximum Gasteiger partial charge on any atom is 0.248 e. The molecule has 117 heavy (non-hydrogen) atoms. The average molecular weight is 1650 g/mol. The molecule has 5 heterocycles. The van der Waals surface area contributed by atoms with E-state index in [2.05, 4.69) is 92.4 Å². The van der Waals surface area contributed by atoms with Gasteiger partial charge in [-0.15, -0.1) is 0 Å². The van der Waals surface area contributed by atoms with Gasteiger partial charge in [0.1, 0.15) is 75.5 Å². The van der Waals surface area contributed by atoms with Gasteiger partial charge in [-0.3, -0.25) is 86.2 Å². The summed E-state index contributed by atoms with van der Waals surface area (Å²) in [7, 11) is 0. The van der Waals surface area contributed by atoms with Crippen molar-refractivity contribution in [1.82, 2.24) is 88.7 Å². The second kappa shape index (κ2) is 41.6. The molecule has 16 amide bonds. The first-order valence-electron chi connectivity index (χ1n) is 42.8. The molecular formula is C83H141N18O16+. The van der Waals surface area contributed by atoms with Crippen molar-refractivity contribution < 1.29 is 81.3 Å². The lowest BCUT2D eigenvalue weighted by Crippen LogP contribution is -2.67. The predicted molar refractivity (Wildman–Crippen MR) is 439 cm³/mol. The Bertz CT molecular complexity index is 3690. The minimum atomic E-state index is -1.66. The topological polar surface area (TPSA) is 445 Å². The van der Waals surface area contributed by atoms with Crippen molar-refractivity contribution in [3.63, 3.8) is 0 Å². The summed E-state index contributed by atoms with van der Waals surface area (Å²) in [6.45, 7) is 35.0. The molecule has 6 aliphatic rings. The highest BCUT2D eigenvalue weighted by atomic mass is 16.2. The van der Waals surface area contributed by atoms with E-state index in [1.165, 1.54) is 69.0 Å². The average Bonchev–Trinajstić information content (AvgIpc) is 1.65. The number of amidine groups is 1. The third-order valence-corrected chi connectivity index (χ3v) is 23.8. The Labute approximate surface area is 692 Å². The SMILES string of the molecule is CC[C@](C)(NC(=O)[C@H](CC(C)C)NC(=O)CNC(=O)C(C)(C)NC(=O)[C@@H]1CCCCN1C(=O)[C@](C)(CC)NC(=O)C1(NC(=O)CNC(=O)CCNC(=O)[C@H](CC(C)C)NC(=O)C(C)(C)NC(=O)[C@](C)(CC)NC(=O)[C@@H]2CCCCN2C(=O)C(C)(C)NC(=O)[C@@H]2CCCCN2C(C)=O)CC1)C(=O)N[C@@H](CC(C)C)CN1CCC[N+]2=C1CCC2. The molecule has 0 radical (unpaired) electrons. The zero-order valence-electron chi connectivity index (χ0n) is 73.4. The second-order valence-corrected chi connectivity index (χ2v) is 36.7. The van der Waals surface area contributed by atoms with Crippen LogP contribution in [-0.2, 0) is 76.7 Å². The molecule has 1 aliphatic carbocycles. The summed E-state index contributed by atoms with van der Waals surface area (Å²) >= 11 is 0. The van der Waals surface area contributed by atoms with Crippen molar-refractivity contribution in [2.75, 3.05) is 65.4 Å². The lowest BCUT2D eigenvalue weighted by Gasteiger charge is -2.42. The van der Waals surface area contributed by atoms with Gasteiger partial charge >= 0.3 is 0 Å². The van der Waals surface area contributed by atoms with Crippen LogP contribution in [0.15, 0.2) is 0 Å². The molecule has 5 aliphatic heterocycles. The van der Waals surface area contributed by atoms with E-state index in [4.69, 9.17) is 0 Å². The summed E-state index contributed by atoms with van der Waals surface area (Å²) in [6.07, 6.45) is 9.59. The molecule has 0 aromatic carbocycles. The monoisotopic (exact) mass is 1650 g/mol. The highest BCUT2D eigenvalue weighted by molar-refractivity contribution is 6.03. The Morgan fingerprint density at radius 3 is 1.47 bits per heavy atom. The Kier molecular flexibility index (Phi) is 34.4. The lowest BCUT2D eigenvalue weighted by molar-refractivity contribution is -0.530. The molecule has 0 unspecified atom stereocenters. The molecule has 658 valence electrons. The quantitative estimate of drug-likeness (QED) is 0.0387. The molecular weight excluding hydrogens is 1510 g/mol.